The number of carboxylic acids is 1. The van der Waals surface area contributed by atoms with Crippen LogP contribution >= 0.6 is 0 Å². The van der Waals surface area contributed by atoms with Crippen molar-refractivity contribution >= 4 is 17.5 Å². The van der Waals surface area contributed by atoms with Gasteiger partial charge in [-0.1, -0.05) is 5.16 Å². The monoisotopic (exact) mass is 186 g/mol. The molecule has 0 fully saturated rings. The highest BCUT2D eigenvalue weighted by atomic mass is 16.6. The van der Waals surface area contributed by atoms with Gasteiger partial charge < -0.3 is 15.7 Å². The number of rotatable bonds is 2. The molecule has 7 nitrogen and oxygen atoms in total. The lowest BCUT2D eigenvalue weighted by molar-refractivity contribution is -0.134. The van der Waals surface area contributed by atoms with E-state index < -0.39 is 5.97 Å². The van der Waals surface area contributed by atoms with Gasteiger partial charge in [-0.3, -0.25) is 10.2 Å². The number of carboxylic acid groups (broad SMARTS) is 1. The van der Waals surface area contributed by atoms with E-state index in [2.05, 4.69) is 9.99 Å². The van der Waals surface area contributed by atoms with Crippen LogP contribution in [0.5, 0.6) is 0 Å². The van der Waals surface area contributed by atoms with Crippen LogP contribution in [-0.2, 0) is 9.63 Å². The van der Waals surface area contributed by atoms with Crippen molar-refractivity contribution in [1.82, 2.24) is 0 Å². The Balaban J connectivity index is 0. The molecular formula is C6H10N4O3. The predicted molar refractivity (Wildman–Crippen MR) is 45.3 cm³/mol. The second-order valence-corrected chi connectivity index (χ2v) is 1.67. The summed E-state index contributed by atoms with van der Waals surface area (Å²) in [5.41, 5.74) is 4.67. The first-order valence-electron chi connectivity index (χ1n) is 3.00. The van der Waals surface area contributed by atoms with Gasteiger partial charge in [-0.2, -0.15) is 5.26 Å². The van der Waals surface area contributed by atoms with Gasteiger partial charge in [-0.15, -0.1) is 0 Å². The Morgan fingerprint density at radius 3 is 2.23 bits per heavy atom. The molecule has 0 aromatic carbocycles. The van der Waals surface area contributed by atoms with Crippen LogP contribution in [0.15, 0.2) is 5.16 Å². The highest BCUT2D eigenvalue weighted by molar-refractivity contribution is 6.45. The van der Waals surface area contributed by atoms with Crippen molar-refractivity contribution in [3.8, 4) is 6.07 Å². The third-order valence-electron chi connectivity index (χ3n) is 0.544. The van der Waals surface area contributed by atoms with Gasteiger partial charge in [0.2, 0.25) is 5.71 Å². The average molecular weight is 186 g/mol. The summed E-state index contributed by atoms with van der Waals surface area (Å²) in [6, 6.07) is 1.58. The van der Waals surface area contributed by atoms with Crippen LogP contribution in [-0.4, -0.2) is 29.7 Å². The maximum atomic E-state index is 9.00. The number of carbonyl (C=O) groups is 1. The third kappa shape index (κ3) is 13.0. The fourth-order valence-electron chi connectivity index (χ4n) is 0.221. The Hall–Kier alpha value is -2.10. The summed E-state index contributed by atoms with van der Waals surface area (Å²) in [5, 5.41) is 25.4. The first-order valence-corrected chi connectivity index (χ1v) is 3.00. The zero-order valence-corrected chi connectivity index (χ0v) is 7.24. The first kappa shape index (κ1) is 13.5. The van der Waals surface area contributed by atoms with Crippen LogP contribution in [0.4, 0.5) is 0 Å². The van der Waals surface area contributed by atoms with Crippen molar-refractivity contribution in [2.24, 2.45) is 10.9 Å². The van der Waals surface area contributed by atoms with Crippen LogP contribution in [0.2, 0.25) is 0 Å². The molecule has 0 aliphatic carbocycles. The maximum Gasteiger partial charge on any atom is 0.300 e. The highest BCUT2D eigenvalue weighted by Crippen LogP contribution is 1.75. The minimum absolute atomic E-state index is 0.211. The lowest BCUT2D eigenvalue weighted by Crippen LogP contribution is -2.20. The van der Waals surface area contributed by atoms with Gasteiger partial charge in [0, 0.05) is 6.92 Å². The van der Waals surface area contributed by atoms with Crippen molar-refractivity contribution in [2.75, 3.05) is 7.11 Å². The third-order valence-corrected chi connectivity index (χ3v) is 0.544. The molecule has 7 heteroatoms. The van der Waals surface area contributed by atoms with Gasteiger partial charge in [0.25, 0.3) is 5.97 Å². The van der Waals surface area contributed by atoms with Gasteiger partial charge in [0.15, 0.2) is 5.84 Å². The molecule has 0 saturated carbocycles. The predicted octanol–water partition coefficient (Wildman–Crippen LogP) is -0.461. The molecule has 0 rings (SSSR count). The summed E-state index contributed by atoms with van der Waals surface area (Å²) in [6.07, 6.45) is 0. The summed E-state index contributed by atoms with van der Waals surface area (Å²) in [4.78, 5) is 13.2. The SMILES string of the molecule is CC(=O)O.CON=C(C#N)C(=N)N. The number of nitrogens with two attached hydrogens (primary N) is 1. The molecule has 0 radical (unpaired) electrons. The molecule has 13 heavy (non-hydrogen) atoms. The molecule has 0 bridgehead atoms. The lowest BCUT2D eigenvalue weighted by Gasteiger charge is -1.89. The van der Waals surface area contributed by atoms with E-state index in [4.69, 9.17) is 26.3 Å². The zero-order chi connectivity index (χ0) is 10.9. The molecule has 0 aliphatic heterocycles. The number of nitriles is 1. The second kappa shape index (κ2) is 8.00. The number of oxime groups is 1. The molecule has 4 N–H and O–H groups in total. The van der Waals surface area contributed by atoms with Gasteiger partial charge in [0.1, 0.15) is 13.2 Å². The Morgan fingerprint density at radius 2 is 2.15 bits per heavy atom. The van der Waals surface area contributed by atoms with Gasteiger partial charge >= 0.3 is 0 Å². The molecule has 0 spiro atoms. The molecule has 0 aromatic rings. The van der Waals surface area contributed by atoms with Crippen LogP contribution in [0.25, 0.3) is 0 Å². The lowest BCUT2D eigenvalue weighted by atomic mass is 10.4. The first-order chi connectivity index (χ1) is 5.95. The van der Waals surface area contributed by atoms with Gasteiger partial charge in [-0.25, -0.2) is 0 Å². The standard InChI is InChI=1S/C4H6N4O.C2H4O2/c1-9-8-3(2-5)4(6)7;1-2(3)4/h1H3,(H3,6,7);1H3,(H,3,4). The molecule has 72 valence electrons. The quantitative estimate of drug-likeness (QED) is 0.305. The molecule has 0 aliphatic rings. The summed E-state index contributed by atoms with van der Waals surface area (Å²) in [5.74, 6) is -1.22. The summed E-state index contributed by atoms with van der Waals surface area (Å²) in [6.45, 7) is 1.08. The van der Waals surface area contributed by atoms with Crippen molar-refractivity contribution < 1.29 is 14.7 Å². The molecule has 0 amide bonds. The van der Waals surface area contributed by atoms with E-state index in [1.807, 2.05) is 0 Å². The zero-order valence-electron chi connectivity index (χ0n) is 7.24. The van der Waals surface area contributed by atoms with E-state index >= 15 is 0 Å². The van der Waals surface area contributed by atoms with E-state index in [9.17, 15) is 0 Å². The smallest absolute Gasteiger partial charge is 0.300 e. The van der Waals surface area contributed by atoms with E-state index in [0.29, 0.717) is 0 Å². The van der Waals surface area contributed by atoms with Crippen LogP contribution in [0, 0.1) is 16.7 Å². The molecule has 0 unspecified atom stereocenters. The fourth-order valence-corrected chi connectivity index (χ4v) is 0.221. The van der Waals surface area contributed by atoms with Gasteiger partial charge in [0.05, 0.1) is 0 Å². The van der Waals surface area contributed by atoms with E-state index in [1.54, 1.807) is 6.07 Å². The molecule has 0 aromatic heterocycles. The molecule has 0 heterocycles. The van der Waals surface area contributed by atoms with Crippen molar-refractivity contribution in [3.63, 3.8) is 0 Å². The molecular weight excluding hydrogens is 176 g/mol. The van der Waals surface area contributed by atoms with E-state index in [1.165, 1.54) is 7.11 Å². The maximum absolute atomic E-state index is 9.00. The topological polar surface area (TPSA) is 133 Å². The van der Waals surface area contributed by atoms with Gasteiger partial charge in [-0.05, 0) is 0 Å². The van der Waals surface area contributed by atoms with Crippen molar-refractivity contribution in [3.05, 3.63) is 0 Å². The Bertz CT molecular complexity index is 249. The number of aliphatic carboxylic acids is 1. The minimum Gasteiger partial charge on any atom is -0.481 e. The highest BCUT2D eigenvalue weighted by Gasteiger charge is 1.99. The Labute approximate surface area is 74.9 Å². The Kier molecular flexibility index (Phi) is 8.30. The molecule has 0 saturated heterocycles. The number of nitrogens with zero attached hydrogens (tertiary/aromatic N) is 2. The summed E-state index contributed by atoms with van der Waals surface area (Å²) >= 11 is 0. The van der Waals surface area contributed by atoms with Crippen LogP contribution in [0.1, 0.15) is 6.92 Å². The normalized spacial score (nSPS) is 8.85. The number of hydrogen-bond acceptors (Lipinski definition) is 5. The molecule has 0 atom stereocenters. The number of hydrogen-bond donors (Lipinski definition) is 3. The van der Waals surface area contributed by atoms with Crippen molar-refractivity contribution in [1.29, 1.82) is 10.7 Å². The van der Waals surface area contributed by atoms with E-state index in [-0.39, 0.29) is 11.5 Å². The average Bonchev–Trinajstić information content (AvgIpc) is 1.98. The largest absolute Gasteiger partial charge is 0.481 e. The Morgan fingerprint density at radius 1 is 1.77 bits per heavy atom. The summed E-state index contributed by atoms with van der Waals surface area (Å²) < 4.78 is 0. The number of amidine groups is 1. The van der Waals surface area contributed by atoms with E-state index in [0.717, 1.165) is 6.92 Å². The van der Waals surface area contributed by atoms with Crippen LogP contribution < -0.4 is 5.73 Å². The minimum atomic E-state index is -0.833. The van der Waals surface area contributed by atoms with Crippen molar-refractivity contribution in [2.45, 2.75) is 6.92 Å². The van der Waals surface area contributed by atoms with Crippen LogP contribution in [0.3, 0.4) is 0 Å². The number of nitrogens with one attached hydrogen (secondary N) is 1. The second-order valence-electron chi connectivity index (χ2n) is 1.67. The fraction of sp³-hybridized carbons (Fsp3) is 0.333. The summed E-state index contributed by atoms with van der Waals surface area (Å²) in [7, 11) is 1.28.